The summed E-state index contributed by atoms with van der Waals surface area (Å²) in [4.78, 5) is 1.07. The van der Waals surface area contributed by atoms with Gasteiger partial charge in [-0.2, -0.15) is 7.05 Å². The second kappa shape index (κ2) is 12.8. The standard InChI is InChI=1S/C13H23N7.C8H15N3.Cu/c1-10(2)19-8-12(14-16-19)6-18(5)7-13-9-20(11(3)4)17-15-13;1-6(2)8-5-11(7(3)4)10-9-8;/h8-11,18H,5-7H2,1-4H3;5-7H,1-4H3;/q;;+1. The van der Waals surface area contributed by atoms with Crippen molar-refractivity contribution in [2.24, 2.45) is 0 Å². The van der Waals surface area contributed by atoms with E-state index in [0.29, 0.717) is 24.0 Å². The van der Waals surface area contributed by atoms with Crippen molar-refractivity contribution in [2.75, 3.05) is 0 Å². The molecule has 0 amide bonds. The Morgan fingerprint density at radius 3 is 1.34 bits per heavy atom. The van der Waals surface area contributed by atoms with Crippen LogP contribution in [0.3, 0.4) is 0 Å². The Morgan fingerprint density at radius 1 is 0.688 bits per heavy atom. The second-order valence-corrected chi connectivity index (χ2v) is 9.04. The van der Waals surface area contributed by atoms with Crippen molar-refractivity contribution in [2.45, 2.75) is 92.5 Å². The number of hydrogen-bond donors (Lipinski definition) is 1. The molecule has 3 heterocycles. The van der Waals surface area contributed by atoms with Crippen molar-refractivity contribution in [1.29, 1.82) is 0 Å². The van der Waals surface area contributed by atoms with Gasteiger partial charge in [0.05, 0.1) is 31.2 Å². The minimum Gasteiger partial charge on any atom is -0.458 e. The van der Waals surface area contributed by atoms with Crippen LogP contribution < -0.4 is 4.90 Å². The van der Waals surface area contributed by atoms with E-state index in [9.17, 15) is 0 Å². The number of rotatable bonds is 8. The van der Waals surface area contributed by atoms with Crippen LogP contribution in [0.4, 0.5) is 0 Å². The molecule has 3 rings (SSSR count). The van der Waals surface area contributed by atoms with Gasteiger partial charge in [0.2, 0.25) is 0 Å². The van der Waals surface area contributed by atoms with Crippen LogP contribution in [0.5, 0.6) is 0 Å². The smallest absolute Gasteiger partial charge is 0.458 e. The first-order valence-corrected chi connectivity index (χ1v) is 11.0. The van der Waals surface area contributed by atoms with Gasteiger partial charge >= 0.3 is 17.1 Å². The molecule has 0 radical (unpaired) electrons. The van der Waals surface area contributed by atoms with Gasteiger partial charge in [-0.3, -0.25) is 0 Å². The molecule has 11 heteroatoms. The Hall–Kier alpha value is -2.10. The summed E-state index contributed by atoms with van der Waals surface area (Å²) >= 11 is 0. The predicted octanol–water partition coefficient (Wildman–Crippen LogP) is 2.39. The summed E-state index contributed by atoms with van der Waals surface area (Å²) in [7, 11) is 4.10. The molecule has 0 aliphatic heterocycles. The van der Waals surface area contributed by atoms with Gasteiger partial charge < -0.3 is 4.90 Å². The molecule has 0 saturated carbocycles. The average molecular weight is 494 g/mol. The summed E-state index contributed by atoms with van der Waals surface area (Å²) in [6, 6.07) is 1.07. The molecule has 0 atom stereocenters. The van der Waals surface area contributed by atoms with Crippen LogP contribution in [0, 0.1) is 7.05 Å². The number of nitrogens with one attached hydrogen (secondary N) is 1. The molecule has 0 bridgehead atoms. The van der Waals surface area contributed by atoms with Gasteiger partial charge in [0.25, 0.3) is 0 Å². The number of quaternary nitrogens is 1. The van der Waals surface area contributed by atoms with Crippen molar-refractivity contribution in [1.82, 2.24) is 45.0 Å². The molecule has 10 nitrogen and oxygen atoms in total. The Kier molecular flexibility index (Phi) is 11.2. The molecule has 0 spiro atoms. The molecule has 0 saturated heterocycles. The molecule has 3 aromatic rings. The topological polar surface area (TPSA) is 96.6 Å². The normalized spacial score (nSPS) is 11.4. The fraction of sp³-hybridized carbons (Fsp3) is 0.667. The maximum atomic E-state index is 4.16. The van der Waals surface area contributed by atoms with Crippen LogP contribution in [0.25, 0.3) is 0 Å². The van der Waals surface area contributed by atoms with E-state index in [0.717, 1.165) is 35.1 Å². The number of nitrogens with zero attached hydrogens (tertiary/aromatic N) is 9. The van der Waals surface area contributed by atoms with E-state index < -0.39 is 0 Å². The molecule has 0 fully saturated rings. The van der Waals surface area contributed by atoms with E-state index in [1.165, 1.54) is 0 Å². The summed E-state index contributed by atoms with van der Waals surface area (Å²) in [5.74, 6) is 0.475. The Balaban J connectivity index is 0.000000364. The molecular weight excluding hydrogens is 456 g/mol. The average Bonchev–Trinajstić information content (AvgIpc) is 3.42. The Labute approximate surface area is 202 Å². The van der Waals surface area contributed by atoms with E-state index in [2.05, 4.69) is 93.4 Å². The van der Waals surface area contributed by atoms with Crippen molar-refractivity contribution >= 4 is 0 Å². The molecule has 0 aliphatic carbocycles. The van der Waals surface area contributed by atoms with Crippen LogP contribution in [0.2, 0.25) is 0 Å². The fourth-order valence-corrected chi connectivity index (χ4v) is 2.68. The third-order valence-electron chi connectivity index (χ3n) is 4.68. The van der Waals surface area contributed by atoms with Crippen LogP contribution in [-0.4, -0.2) is 45.0 Å². The molecule has 32 heavy (non-hydrogen) atoms. The van der Waals surface area contributed by atoms with Crippen molar-refractivity contribution in [3.05, 3.63) is 42.7 Å². The molecule has 182 valence electrons. The first-order chi connectivity index (χ1) is 14.6. The van der Waals surface area contributed by atoms with Crippen molar-refractivity contribution in [3.63, 3.8) is 0 Å². The van der Waals surface area contributed by atoms with Crippen LogP contribution in [0.15, 0.2) is 18.6 Å². The summed E-state index contributed by atoms with van der Waals surface area (Å²) in [5.41, 5.74) is 2.96. The van der Waals surface area contributed by atoms with Crippen molar-refractivity contribution in [3.8, 4) is 0 Å². The van der Waals surface area contributed by atoms with E-state index in [1.54, 1.807) is 0 Å². The first-order valence-electron chi connectivity index (χ1n) is 11.0. The monoisotopic (exact) mass is 493 g/mol. The van der Waals surface area contributed by atoms with E-state index in [-0.39, 0.29) is 17.1 Å². The summed E-state index contributed by atoms with van der Waals surface area (Å²) in [6.45, 7) is 18.2. The predicted molar refractivity (Wildman–Crippen MR) is 119 cm³/mol. The quantitative estimate of drug-likeness (QED) is 0.382. The maximum absolute atomic E-state index is 4.16. The van der Waals surface area contributed by atoms with Gasteiger partial charge in [0.15, 0.2) is 0 Å². The maximum Gasteiger partial charge on any atom is 1.00 e. The zero-order valence-electron chi connectivity index (χ0n) is 20.5. The molecule has 0 aliphatic rings. The van der Waals surface area contributed by atoms with Gasteiger partial charge in [-0.25, -0.2) is 14.0 Å². The molecule has 0 aromatic carbocycles. The van der Waals surface area contributed by atoms with Gasteiger partial charge in [0, 0.05) is 24.3 Å². The van der Waals surface area contributed by atoms with Gasteiger partial charge in [-0.1, -0.05) is 29.5 Å². The zero-order valence-corrected chi connectivity index (χ0v) is 21.4. The molecular formula is C21H38CuN10+. The van der Waals surface area contributed by atoms with Crippen LogP contribution in [0.1, 0.15) is 96.5 Å². The fourth-order valence-electron chi connectivity index (χ4n) is 2.68. The SMILES string of the molecule is CC(C)c1cn(C(C)C)nn1.[CH2-][NH+](Cc1cn(C(C)C)nn1)Cc1cn(C(C)C)nn1.[Cu+]. The first kappa shape index (κ1) is 27.9. The van der Waals surface area contributed by atoms with E-state index in [1.807, 2.05) is 32.6 Å². The number of aromatic nitrogens is 9. The van der Waals surface area contributed by atoms with E-state index in [4.69, 9.17) is 0 Å². The Morgan fingerprint density at radius 2 is 1.06 bits per heavy atom. The van der Waals surface area contributed by atoms with Gasteiger partial charge in [-0.05, 0) is 47.5 Å². The molecule has 3 aromatic heterocycles. The van der Waals surface area contributed by atoms with Crippen molar-refractivity contribution < 1.29 is 22.0 Å². The minimum absolute atomic E-state index is 0. The van der Waals surface area contributed by atoms with Gasteiger partial charge in [0.1, 0.15) is 11.4 Å². The Bertz CT molecular complexity index is 838. The molecule has 0 unspecified atom stereocenters. The third kappa shape index (κ3) is 8.44. The zero-order chi connectivity index (χ0) is 23.1. The van der Waals surface area contributed by atoms with Crippen LogP contribution in [-0.2, 0) is 30.2 Å². The third-order valence-corrected chi connectivity index (χ3v) is 4.68. The largest absolute Gasteiger partial charge is 1.00 e. The molecule has 1 N–H and O–H groups in total. The van der Waals surface area contributed by atoms with E-state index >= 15 is 0 Å². The van der Waals surface area contributed by atoms with Crippen LogP contribution >= 0.6 is 0 Å². The number of hydrogen-bond acceptors (Lipinski definition) is 6. The second-order valence-electron chi connectivity index (χ2n) is 9.04. The summed E-state index contributed by atoms with van der Waals surface area (Å²) in [6.07, 6.45) is 5.96. The van der Waals surface area contributed by atoms with Gasteiger partial charge in [-0.15, -0.1) is 15.3 Å². The minimum atomic E-state index is 0. The summed E-state index contributed by atoms with van der Waals surface area (Å²) < 4.78 is 5.60. The summed E-state index contributed by atoms with van der Waals surface area (Å²) in [5, 5.41) is 24.6.